The third kappa shape index (κ3) is 3.33. The molecule has 0 saturated heterocycles. The molecule has 0 aliphatic heterocycles. The van der Waals surface area contributed by atoms with Crippen molar-refractivity contribution < 1.29 is 0 Å². The van der Waals surface area contributed by atoms with Crippen molar-refractivity contribution in [2.45, 2.75) is 46.1 Å². The highest BCUT2D eigenvalue weighted by molar-refractivity contribution is 5.75. The first kappa shape index (κ1) is 13.1. The van der Waals surface area contributed by atoms with E-state index in [1.54, 1.807) is 0 Å². The predicted octanol–water partition coefficient (Wildman–Crippen LogP) is 3.04. The summed E-state index contributed by atoms with van der Waals surface area (Å²) in [5, 5.41) is 0. The van der Waals surface area contributed by atoms with Crippen LogP contribution in [0.5, 0.6) is 0 Å². The Labute approximate surface area is 109 Å². The Morgan fingerprint density at radius 3 is 2.72 bits per heavy atom. The maximum atomic E-state index is 5.79. The van der Waals surface area contributed by atoms with Crippen molar-refractivity contribution in [1.82, 2.24) is 9.97 Å². The molecule has 1 atom stereocenters. The standard InChI is InChI=1S/C15H23N3/c1-10(2)8-15-17-13-7-6-12(5-4-11(3)16)9-14(13)18-15/h6-7,9-11H,4-5,8,16H2,1-3H3,(H,17,18). The average Bonchev–Trinajstić information content (AvgIpc) is 2.66. The van der Waals surface area contributed by atoms with Gasteiger partial charge in [-0.3, -0.25) is 0 Å². The summed E-state index contributed by atoms with van der Waals surface area (Å²) in [6.45, 7) is 6.47. The third-order valence-electron chi connectivity index (χ3n) is 3.09. The second-order valence-electron chi connectivity index (χ2n) is 5.65. The molecule has 0 aliphatic carbocycles. The second-order valence-corrected chi connectivity index (χ2v) is 5.65. The molecule has 0 spiro atoms. The van der Waals surface area contributed by atoms with Gasteiger partial charge in [0.15, 0.2) is 0 Å². The van der Waals surface area contributed by atoms with Crippen LogP contribution in [0.25, 0.3) is 11.0 Å². The van der Waals surface area contributed by atoms with Crippen LogP contribution in [0.1, 0.15) is 38.6 Å². The average molecular weight is 245 g/mol. The lowest BCUT2D eigenvalue weighted by Gasteiger charge is -2.04. The lowest BCUT2D eigenvalue weighted by molar-refractivity contribution is 0.627. The van der Waals surface area contributed by atoms with Crippen LogP contribution in [0, 0.1) is 5.92 Å². The Morgan fingerprint density at radius 2 is 2.06 bits per heavy atom. The number of rotatable bonds is 5. The van der Waals surface area contributed by atoms with Crippen LogP contribution in [0.3, 0.4) is 0 Å². The molecule has 0 fully saturated rings. The van der Waals surface area contributed by atoms with Crippen molar-refractivity contribution in [2.75, 3.05) is 0 Å². The highest BCUT2D eigenvalue weighted by atomic mass is 14.9. The van der Waals surface area contributed by atoms with Crippen molar-refractivity contribution >= 4 is 11.0 Å². The zero-order valence-corrected chi connectivity index (χ0v) is 11.5. The number of H-pyrrole nitrogens is 1. The van der Waals surface area contributed by atoms with E-state index in [-0.39, 0.29) is 6.04 Å². The second kappa shape index (κ2) is 5.53. The number of nitrogens with zero attached hydrogens (tertiary/aromatic N) is 1. The highest BCUT2D eigenvalue weighted by Crippen LogP contribution is 2.16. The summed E-state index contributed by atoms with van der Waals surface area (Å²) in [5.41, 5.74) is 9.34. The Bertz CT molecular complexity index is 511. The van der Waals surface area contributed by atoms with Crippen molar-refractivity contribution in [3.63, 3.8) is 0 Å². The van der Waals surface area contributed by atoms with E-state index < -0.39 is 0 Å². The van der Waals surface area contributed by atoms with Crippen LogP contribution >= 0.6 is 0 Å². The minimum absolute atomic E-state index is 0.263. The summed E-state index contributed by atoms with van der Waals surface area (Å²) in [6, 6.07) is 6.73. The van der Waals surface area contributed by atoms with Crippen molar-refractivity contribution in [3.8, 4) is 0 Å². The van der Waals surface area contributed by atoms with Crippen molar-refractivity contribution in [1.29, 1.82) is 0 Å². The SMILES string of the molecule is CC(C)Cc1nc2ccc(CCC(C)N)cc2[nH]1. The first-order valence-electron chi connectivity index (χ1n) is 6.77. The van der Waals surface area contributed by atoms with Gasteiger partial charge in [-0.1, -0.05) is 19.9 Å². The van der Waals surface area contributed by atoms with Gasteiger partial charge in [0.2, 0.25) is 0 Å². The number of benzene rings is 1. The number of imidazole rings is 1. The topological polar surface area (TPSA) is 54.7 Å². The van der Waals surface area contributed by atoms with Crippen LogP contribution in [-0.2, 0) is 12.8 Å². The number of hydrogen-bond acceptors (Lipinski definition) is 2. The fourth-order valence-corrected chi connectivity index (χ4v) is 2.14. The molecule has 1 heterocycles. The van der Waals surface area contributed by atoms with Gasteiger partial charge in [0.05, 0.1) is 11.0 Å². The molecule has 0 bridgehead atoms. The van der Waals surface area contributed by atoms with Gasteiger partial charge in [0, 0.05) is 12.5 Å². The first-order valence-corrected chi connectivity index (χ1v) is 6.77. The van der Waals surface area contributed by atoms with E-state index in [9.17, 15) is 0 Å². The van der Waals surface area contributed by atoms with Crippen LogP contribution in [0.2, 0.25) is 0 Å². The summed E-state index contributed by atoms with van der Waals surface area (Å²) in [5.74, 6) is 1.72. The fourth-order valence-electron chi connectivity index (χ4n) is 2.14. The van der Waals surface area contributed by atoms with Gasteiger partial charge in [-0.2, -0.15) is 0 Å². The van der Waals surface area contributed by atoms with E-state index in [2.05, 4.69) is 48.9 Å². The fraction of sp³-hybridized carbons (Fsp3) is 0.533. The summed E-state index contributed by atoms with van der Waals surface area (Å²) in [4.78, 5) is 8.02. The number of nitrogens with two attached hydrogens (primary N) is 1. The Hall–Kier alpha value is -1.35. The minimum atomic E-state index is 0.263. The van der Waals surface area contributed by atoms with Gasteiger partial charge in [0.25, 0.3) is 0 Å². The quantitative estimate of drug-likeness (QED) is 0.850. The molecule has 0 amide bonds. The predicted molar refractivity (Wildman–Crippen MR) is 76.6 cm³/mol. The highest BCUT2D eigenvalue weighted by Gasteiger charge is 2.06. The van der Waals surface area contributed by atoms with Gasteiger partial charge in [0.1, 0.15) is 5.82 Å². The van der Waals surface area contributed by atoms with Crippen LogP contribution in [-0.4, -0.2) is 16.0 Å². The van der Waals surface area contributed by atoms with Gasteiger partial charge in [-0.05, 0) is 43.4 Å². The van der Waals surface area contributed by atoms with Crippen molar-refractivity contribution in [3.05, 3.63) is 29.6 Å². The monoisotopic (exact) mass is 245 g/mol. The van der Waals surface area contributed by atoms with Gasteiger partial charge in [-0.25, -0.2) is 4.98 Å². The summed E-state index contributed by atoms with van der Waals surface area (Å²) >= 11 is 0. The van der Waals surface area contributed by atoms with Gasteiger partial charge in [-0.15, -0.1) is 0 Å². The summed E-state index contributed by atoms with van der Waals surface area (Å²) in [6.07, 6.45) is 3.06. The molecular formula is C15H23N3. The minimum Gasteiger partial charge on any atom is -0.342 e. The lowest BCUT2D eigenvalue weighted by Crippen LogP contribution is -2.15. The zero-order valence-electron chi connectivity index (χ0n) is 11.5. The maximum absolute atomic E-state index is 5.79. The molecule has 1 aromatic heterocycles. The number of aryl methyl sites for hydroxylation is 1. The zero-order chi connectivity index (χ0) is 13.1. The molecule has 0 saturated carbocycles. The first-order chi connectivity index (χ1) is 8.54. The number of fused-ring (bicyclic) bond motifs is 1. The molecule has 3 nitrogen and oxygen atoms in total. The van der Waals surface area contributed by atoms with E-state index in [4.69, 9.17) is 5.73 Å². The van der Waals surface area contributed by atoms with Crippen LogP contribution in [0.4, 0.5) is 0 Å². The molecular weight excluding hydrogens is 222 g/mol. The molecule has 18 heavy (non-hydrogen) atoms. The van der Waals surface area contributed by atoms with Crippen LogP contribution in [0.15, 0.2) is 18.2 Å². The molecule has 2 rings (SSSR count). The molecule has 0 aliphatic rings. The van der Waals surface area contributed by atoms with Crippen molar-refractivity contribution in [2.24, 2.45) is 11.7 Å². The number of aromatic nitrogens is 2. The van der Waals surface area contributed by atoms with E-state index in [0.717, 1.165) is 36.1 Å². The summed E-state index contributed by atoms with van der Waals surface area (Å²) < 4.78 is 0. The Kier molecular flexibility index (Phi) is 4.02. The number of aromatic amines is 1. The molecule has 3 N–H and O–H groups in total. The Morgan fingerprint density at radius 1 is 1.28 bits per heavy atom. The molecule has 0 radical (unpaired) electrons. The molecule has 1 aromatic carbocycles. The Balaban J connectivity index is 2.17. The number of hydrogen-bond donors (Lipinski definition) is 2. The molecule has 1 unspecified atom stereocenters. The molecule has 2 aromatic rings. The van der Waals surface area contributed by atoms with E-state index in [0.29, 0.717) is 5.92 Å². The van der Waals surface area contributed by atoms with E-state index >= 15 is 0 Å². The largest absolute Gasteiger partial charge is 0.342 e. The smallest absolute Gasteiger partial charge is 0.107 e. The molecule has 3 heteroatoms. The van der Waals surface area contributed by atoms with E-state index in [1.807, 2.05) is 0 Å². The third-order valence-corrected chi connectivity index (χ3v) is 3.09. The number of nitrogens with one attached hydrogen (secondary N) is 1. The maximum Gasteiger partial charge on any atom is 0.107 e. The van der Waals surface area contributed by atoms with Gasteiger partial charge < -0.3 is 10.7 Å². The van der Waals surface area contributed by atoms with Gasteiger partial charge >= 0.3 is 0 Å². The molecule has 98 valence electrons. The van der Waals surface area contributed by atoms with Crippen LogP contribution < -0.4 is 5.73 Å². The normalized spacial score (nSPS) is 13.4. The summed E-state index contributed by atoms with van der Waals surface area (Å²) in [7, 11) is 0. The van der Waals surface area contributed by atoms with E-state index in [1.165, 1.54) is 5.56 Å². The lowest BCUT2D eigenvalue weighted by atomic mass is 10.1.